The van der Waals surface area contributed by atoms with Gasteiger partial charge in [-0.15, -0.1) is 0 Å². The van der Waals surface area contributed by atoms with E-state index in [0.29, 0.717) is 23.2 Å². The smallest absolute Gasteiger partial charge is 0.182 e. The zero-order chi connectivity index (χ0) is 34.4. The zero-order valence-corrected chi connectivity index (χ0v) is 28.0. The van der Waals surface area contributed by atoms with Crippen LogP contribution in [0.2, 0.25) is 0 Å². The predicted octanol–water partition coefficient (Wildman–Crippen LogP) is 11.6. The highest BCUT2D eigenvalue weighted by Gasteiger charge is 2.15. The Bertz CT molecular complexity index is 2900. The van der Waals surface area contributed by atoms with Gasteiger partial charge in [0, 0.05) is 27.5 Å². The van der Waals surface area contributed by atoms with Crippen molar-refractivity contribution in [2.24, 2.45) is 0 Å². The maximum atomic E-state index is 5.16. The van der Waals surface area contributed by atoms with E-state index in [-0.39, 0.29) is 0 Å². The first-order valence-corrected chi connectivity index (χ1v) is 17.3. The minimum Gasteiger partial charge on any atom is -0.248 e. The van der Waals surface area contributed by atoms with Gasteiger partial charge in [0.25, 0.3) is 0 Å². The van der Waals surface area contributed by atoms with Crippen LogP contribution in [0.1, 0.15) is 0 Å². The first-order valence-electron chi connectivity index (χ1n) is 17.3. The molecule has 5 heteroatoms. The van der Waals surface area contributed by atoms with Gasteiger partial charge in [-0.2, -0.15) is 0 Å². The van der Waals surface area contributed by atoms with Crippen LogP contribution in [0, 0.1) is 0 Å². The number of aromatic nitrogens is 5. The van der Waals surface area contributed by atoms with Gasteiger partial charge in [0.2, 0.25) is 0 Å². The van der Waals surface area contributed by atoms with Crippen molar-refractivity contribution in [1.29, 1.82) is 0 Å². The first-order chi connectivity index (χ1) is 25.7. The molecule has 3 heterocycles. The van der Waals surface area contributed by atoms with E-state index in [1.807, 2.05) is 66.7 Å². The summed E-state index contributed by atoms with van der Waals surface area (Å²) in [4.78, 5) is 24.9. The summed E-state index contributed by atoms with van der Waals surface area (Å²) in [5.41, 5.74) is 8.66. The number of fused-ring (bicyclic) bond motifs is 5. The molecule has 0 amide bonds. The highest BCUT2D eigenvalue weighted by atomic mass is 15.0. The molecule has 0 radical (unpaired) electrons. The van der Waals surface area contributed by atoms with Crippen LogP contribution in [0.3, 0.4) is 0 Å². The monoisotopic (exact) mass is 663 g/mol. The summed E-state index contributed by atoms with van der Waals surface area (Å²) in [5, 5.41) is 7.04. The van der Waals surface area contributed by atoms with Gasteiger partial charge in [0.05, 0.1) is 16.7 Å². The van der Waals surface area contributed by atoms with Crippen molar-refractivity contribution in [2.45, 2.75) is 0 Å². The van der Waals surface area contributed by atoms with Gasteiger partial charge >= 0.3 is 0 Å². The van der Waals surface area contributed by atoms with E-state index in [1.54, 1.807) is 0 Å². The fourth-order valence-corrected chi connectivity index (χ4v) is 7.07. The first kappa shape index (κ1) is 29.8. The molecule has 0 saturated carbocycles. The summed E-state index contributed by atoms with van der Waals surface area (Å²) in [6.45, 7) is 0. The Kier molecular flexibility index (Phi) is 7.07. The molecule has 10 aromatic rings. The second kappa shape index (κ2) is 12.3. The van der Waals surface area contributed by atoms with Crippen molar-refractivity contribution >= 4 is 43.4 Å². The summed E-state index contributed by atoms with van der Waals surface area (Å²) < 4.78 is 0. The topological polar surface area (TPSA) is 64.5 Å². The minimum absolute atomic E-state index is 0.534. The lowest BCUT2D eigenvalue weighted by Crippen LogP contribution is -2.01. The molecule has 0 aliphatic carbocycles. The Labute approximate surface area is 300 Å². The van der Waals surface area contributed by atoms with E-state index in [4.69, 9.17) is 24.9 Å². The molecule has 0 atom stereocenters. The van der Waals surface area contributed by atoms with Gasteiger partial charge in [-0.1, -0.05) is 140 Å². The van der Waals surface area contributed by atoms with E-state index in [1.165, 1.54) is 21.5 Å². The third-order valence-corrected chi connectivity index (χ3v) is 9.69. The number of rotatable bonds is 5. The lowest BCUT2D eigenvalue weighted by Gasteiger charge is -2.12. The molecule has 7 aromatic carbocycles. The van der Waals surface area contributed by atoms with Crippen molar-refractivity contribution in [1.82, 2.24) is 24.9 Å². The predicted molar refractivity (Wildman–Crippen MR) is 213 cm³/mol. The van der Waals surface area contributed by atoms with E-state index >= 15 is 0 Å². The molecule has 0 saturated heterocycles. The van der Waals surface area contributed by atoms with Gasteiger partial charge in [-0.05, 0) is 69.1 Å². The summed E-state index contributed by atoms with van der Waals surface area (Å²) in [5.74, 6) is 1.76. The number of hydrogen-bond donors (Lipinski definition) is 0. The molecule has 5 nitrogen and oxygen atoms in total. The molecular weight excluding hydrogens is 635 g/mol. The Morgan fingerprint density at radius 1 is 0.269 bits per heavy atom. The van der Waals surface area contributed by atoms with Crippen LogP contribution < -0.4 is 0 Å². The fourth-order valence-electron chi connectivity index (χ4n) is 7.07. The molecule has 242 valence electrons. The van der Waals surface area contributed by atoms with Crippen LogP contribution in [0.5, 0.6) is 0 Å². The maximum absolute atomic E-state index is 5.16. The SMILES string of the molecule is c1ccc(-c2nc(-c3ccccc3)nc(-c3ccc4ccc(-c5ccc6nc(-c7cc8ccccc8c8ccccc78)ccc6c5)cc4n3)n2)cc1. The Morgan fingerprint density at radius 2 is 0.827 bits per heavy atom. The zero-order valence-electron chi connectivity index (χ0n) is 28.0. The molecule has 0 bridgehead atoms. The van der Waals surface area contributed by atoms with Crippen molar-refractivity contribution in [3.63, 3.8) is 0 Å². The molecule has 0 aliphatic heterocycles. The minimum atomic E-state index is 0.534. The van der Waals surface area contributed by atoms with E-state index < -0.39 is 0 Å². The largest absolute Gasteiger partial charge is 0.248 e. The van der Waals surface area contributed by atoms with Crippen LogP contribution >= 0.6 is 0 Å². The normalized spacial score (nSPS) is 11.5. The van der Waals surface area contributed by atoms with Gasteiger partial charge < -0.3 is 0 Å². The van der Waals surface area contributed by atoms with Crippen LogP contribution in [0.15, 0.2) is 176 Å². The second-order valence-corrected chi connectivity index (χ2v) is 12.9. The lowest BCUT2D eigenvalue weighted by molar-refractivity contribution is 1.06. The molecule has 0 fully saturated rings. The number of pyridine rings is 2. The number of benzene rings is 7. The van der Waals surface area contributed by atoms with Crippen LogP contribution in [0.4, 0.5) is 0 Å². The summed E-state index contributed by atoms with van der Waals surface area (Å²) in [7, 11) is 0. The quantitative estimate of drug-likeness (QED) is 0.171. The number of hydrogen-bond acceptors (Lipinski definition) is 5. The Hall–Kier alpha value is -7.11. The van der Waals surface area contributed by atoms with Crippen molar-refractivity contribution in [2.75, 3.05) is 0 Å². The maximum Gasteiger partial charge on any atom is 0.182 e. The molecule has 0 spiro atoms. The molecule has 10 rings (SSSR count). The van der Waals surface area contributed by atoms with E-state index in [2.05, 4.69) is 109 Å². The van der Waals surface area contributed by atoms with Gasteiger partial charge in [0.1, 0.15) is 5.69 Å². The standard InChI is InChI=1S/C47H29N5/c1-3-11-31(12-4-1)45-50-46(32-13-5-2-6-14-32)52-47(51-45)43-26-21-30-19-20-34(29-44(30)49-43)33-22-24-41-36(27-33)23-25-42(48-41)40-28-35-15-7-8-16-37(35)38-17-9-10-18-39(38)40/h1-29H. The highest BCUT2D eigenvalue weighted by Crippen LogP contribution is 2.36. The Morgan fingerprint density at radius 3 is 1.60 bits per heavy atom. The van der Waals surface area contributed by atoms with Gasteiger partial charge in [-0.3, -0.25) is 0 Å². The lowest BCUT2D eigenvalue weighted by atomic mass is 9.95. The molecule has 0 aliphatic rings. The van der Waals surface area contributed by atoms with Crippen molar-refractivity contribution < 1.29 is 0 Å². The second-order valence-electron chi connectivity index (χ2n) is 12.9. The third-order valence-electron chi connectivity index (χ3n) is 9.69. The molecule has 0 N–H and O–H groups in total. The summed E-state index contributed by atoms with van der Waals surface area (Å²) in [6.07, 6.45) is 0. The van der Waals surface area contributed by atoms with Crippen LogP contribution in [-0.2, 0) is 0 Å². The fraction of sp³-hybridized carbons (Fsp3) is 0. The van der Waals surface area contributed by atoms with Crippen molar-refractivity contribution in [3.05, 3.63) is 176 Å². The third kappa shape index (κ3) is 5.32. The Balaban J connectivity index is 1.03. The number of nitrogens with zero attached hydrogens (tertiary/aromatic N) is 5. The molecule has 52 heavy (non-hydrogen) atoms. The summed E-state index contributed by atoms with van der Waals surface area (Å²) in [6, 6.07) is 60.7. The average Bonchev–Trinajstić information content (AvgIpc) is 3.23. The molecule has 3 aromatic heterocycles. The highest BCUT2D eigenvalue weighted by molar-refractivity contribution is 6.13. The average molecular weight is 664 g/mol. The molecule has 0 unspecified atom stereocenters. The van der Waals surface area contributed by atoms with Crippen LogP contribution in [-0.4, -0.2) is 24.9 Å². The van der Waals surface area contributed by atoms with E-state index in [0.717, 1.165) is 55.3 Å². The van der Waals surface area contributed by atoms with Gasteiger partial charge in [-0.25, -0.2) is 24.9 Å². The van der Waals surface area contributed by atoms with Crippen LogP contribution in [0.25, 0.3) is 100 Å². The summed E-state index contributed by atoms with van der Waals surface area (Å²) >= 11 is 0. The molecular formula is C47H29N5. The van der Waals surface area contributed by atoms with Crippen molar-refractivity contribution in [3.8, 4) is 56.7 Å². The van der Waals surface area contributed by atoms with Gasteiger partial charge in [0.15, 0.2) is 17.5 Å². The van der Waals surface area contributed by atoms with E-state index in [9.17, 15) is 0 Å².